The van der Waals surface area contributed by atoms with E-state index >= 15 is 0 Å². The first-order valence-electron chi connectivity index (χ1n) is 8.09. The molecule has 0 radical (unpaired) electrons. The molecule has 0 aliphatic carbocycles. The lowest BCUT2D eigenvalue weighted by Crippen LogP contribution is -2.47. The summed E-state index contributed by atoms with van der Waals surface area (Å²) in [7, 11) is 0. The Morgan fingerprint density at radius 1 is 1.22 bits per heavy atom. The zero-order valence-electron chi connectivity index (χ0n) is 13.4. The standard InChI is InChI=1S/C19H23ClN2O/c1-14-5-6-17(19(20)7-14)13-23-18-4-2-3-15(8-18)9-21-10-16-11-22-12-16/h2-8,16,21-22H,9-13H2,1H3. The third-order valence-corrected chi connectivity index (χ3v) is 4.48. The topological polar surface area (TPSA) is 33.3 Å². The van der Waals surface area contributed by atoms with Crippen LogP contribution in [0.1, 0.15) is 16.7 Å². The number of aryl methyl sites for hydroxylation is 1. The van der Waals surface area contributed by atoms with Crippen molar-refractivity contribution in [2.75, 3.05) is 19.6 Å². The van der Waals surface area contributed by atoms with Crippen LogP contribution < -0.4 is 15.4 Å². The molecule has 122 valence electrons. The summed E-state index contributed by atoms with van der Waals surface area (Å²) in [6.45, 7) is 6.73. The van der Waals surface area contributed by atoms with E-state index in [4.69, 9.17) is 16.3 Å². The lowest BCUT2D eigenvalue weighted by Gasteiger charge is -2.27. The molecule has 0 atom stereocenters. The van der Waals surface area contributed by atoms with E-state index in [-0.39, 0.29) is 0 Å². The van der Waals surface area contributed by atoms with Crippen LogP contribution in [0.5, 0.6) is 5.75 Å². The second kappa shape index (κ2) is 7.82. The normalized spacial score (nSPS) is 14.5. The van der Waals surface area contributed by atoms with Crippen LogP contribution in [0.15, 0.2) is 42.5 Å². The molecule has 0 unspecified atom stereocenters. The van der Waals surface area contributed by atoms with Gasteiger partial charge in [0.05, 0.1) is 0 Å². The Hall–Kier alpha value is -1.55. The first kappa shape index (κ1) is 16.3. The van der Waals surface area contributed by atoms with Crippen LogP contribution in [-0.2, 0) is 13.2 Å². The predicted molar refractivity (Wildman–Crippen MR) is 95.0 cm³/mol. The SMILES string of the molecule is Cc1ccc(COc2cccc(CNCC3CNC3)c2)c(Cl)c1. The Morgan fingerprint density at radius 3 is 2.83 bits per heavy atom. The average molecular weight is 331 g/mol. The average Bonchev–Trinajstić information content (AvgIpc) is 2.49. The summed E-state index contributed by atoms with van der Waals surface area (Å²) in [5, 5.41) is 7.55. The van der Waals surface area contributed by atoms with E-state index in [0.717, 1.165) is 54.0 Å². The van der Waals surface area contributed by atoms with Crippen LogP contribution in [0, 0.1) is 12.8 Å². The van der Waals surface area contributed by atoms with Crippen molar-refractivity contribution in [2.45, 2.75) is 20.1 Å². The molecule has 0 saturated carbocycles. The molecular formula is C19H23ClN2O. The molecule has 3 nitrogen and oxygen atoms in total. The molecule has 1 fully saturated rings. The molecule has 0 bridgehead atoms. The maximum atomic E-state index is 6.25. The minimum Gasteiger partial charge on any atom is -0.489 e. The van der Waals surface area contributed by atoms with Gasteiger partial charge in [0.1, 0.15) is 12.4 Å². The second-order valence-electron chi connectivity index (χ2n) is 6.19. The molecule has 2 N–H and O–H groups in total. The number of hydrogen-bond donors (Lipinski definition) is 2. The van der Waals surface area contributed by atoms with E-state index in [1.165, 1.54) is 5.56 Å². The van der Waals surface area contributed by atoms with E-state index in [2.05, 4.69) is 28.8 Å². The monoisotopic (exact) mass is 330 g/mol. The summed E-state index contributed by atoms with van der Waals surface area (Å²) in [5.74, 6) is 1.66. The number of nitrogens with one attached hydrogen (secondary N) is 2. The van der Waals surface area contributed by atoms with Crippen LogP contribution in [-0.4, -0.2) is 19.6 Å². The Bertz CT molecular complexity index is 656. The number of benzene rings is 2. The van der Waals surface area contributed by atoms with Crippen molar-refractivity contribution in [3.8, 4) is 5.75 Å². The van der Waals surface area contributed by atoms with Gasteiger partial charge in [-0.15, -0.1) is 0 Å². The molecular weight excluding hydrogens is 308 g/mol. The van der Waals surface area contributed by atoms with Crippen LogP contribution in [0.2, 0.25) is 5.02 Å². The van der Waals surface area contributed by atoms with Gasteiger partial charge in [-0.3, -0.25) is 0 Å². The van der Waals surface area contributed by atoms with Crippen LogP contribution in [0.3, 0.4) is 0 Å². The van der Waals surface area contributed by atoms with Gasteiger partial charge in [-0.2, -0.15) is 0 Å². The van der Waals surface area contributed by atoms with Crippen molar-refractivity contribution in [2.24, 2.45) is 5.92 Å². The van der Waals surface area contributed by atoms with Gasteiger partial charge in [0, 0.05) is 36.8 Å². The highest BCUT2D eigenvalue weighted by Gasteiger charge is 2.15. The van der Waals surface area contributed by atoms with Gasteiger partial charge in [0.25, 0.3) is 0 Å². The second-order valence-corrected chi connectivity index (χ2v) is 6.59. The highest BCUT2D eigenvalue weighted by molar-refractivity contribution is 6.31. The Labute approximate surface area is 143 Å². The highest BCUT2D eigenvalue weighted by atomic mass is 35.5. The minimum atomic E-state index is 0.490. The molecule has 1 saturated heterocycles. The van der Waals surface area contributed by atoms with Gasteiger partial charge >= 0.3 is 0 Å². The van der Waals surface area contributed by atoms with Crippen molar-refractivity contribution in [1.82, 2.24) is 10.6 Å². The summed E-state index contributed by atoms with van der Waals surface area (Å²) in [5.41, 5.74) is 3.41. The van der Waals surface area contributed by atoms with Crippen molar-refractivity contribution in [1.29, 1.82) is 0 Å². The number of ether oxygens (including phenoxy) is 1. The van der Waals surface area contributed by atoms with Crippen molar-refractivity contribution >= 4 is 11.6 Å². The summed E-state index contributed by atoms with van der Waals surface area (Å²) >= 11 is 6.25. The molecule has 4 heteroatoms. The number of hydrogen-bond acceptors (Lipinski definition) is 3. The molecule has 0 amide bonds. The molecule has 23 heavy (non-hydrogen) atoms. The minimum absolute atomic E-state index is 0.490. The highest BCUT2D eigenvalue weighted by Crippen LogP contribution is 2.21. The fourth-order valence-electron chi connectivity index (χ4n) is 2.59. The molecule has 3 rings (SSSR count). The number of halogens is 1. The molecule has 2 aromatic rings. The van der Waals surface area contributed by atoms with E-state index in [0.29, 0.717) is 6.61 Å². The fraction of sp³-hybridized carbons (Fsp3) is 0.368. The third-order valence-electron chi connectivity index (χ3n) is 4.13. The van der Waals surface area contributed by atoms with Gasteiger partial charge < -0.3 is 15.4 Å². The number of rotatable bonds is 7. The predicted octanol–water partition coefficient (Wildman–Crippen LogP) is 3.54. The smallest absolute Gasteiger partial charge is 0.120 e. The molecule has 0 aromatic heterocycles. The van der Waals surface area contributed by atoms with Gasteiger partial charge in [0.2, 0.25) is 0 Å². The van der Waals surface area contributed by atoms with Crippen LogP contribution in [0.4, 0.5) is 0 Å². The Balaban J connectivity index is 1.52. The van der Waals surface area contributed by atoms with Gasteiger partial charge in [-0.25, -0.2) is 0 Å². The van der Waals surface area contributed by atoms with E-state index in [9.17, 15) is 0 Å². The van der Waals surface area contributed by atoms with Gasteiger partial charge in [0.15, 0.2) is 0 Å². The third kappa shape index (κ3) is 4.71. The molecule has 0 spiro atoms. The largest absolute Gasteiger partial charge is 0.489 e. The van der Waals surface area contributed by atoms with Gasteiger partial charge in [-0.1, -0.05) is 35.9 Å². The molecule has 1 aliphatic heterocycles. The molecule has 2 aromatic carbocycles. The molecule has 1 aliphatic rings. The van der Waals surface area contributed by atoms with E-state index in [1.807, 2.05) is 31.2 Å². The maximum Gasteiger partial charge on any atom is 0.120 e. The van der Waals surface area contributed by atoms with Crippen LogP contribution in [0.25, 0.3) is 0 Å². The van der Waals surface area contributed by atoms with Gasteiger partial charge in [-0.05, 0) is 42.2 Å². The quantitative estimate of drug-likeness (QED) is 0.814. The first-order chi connectivity index (χ1) is 11.2. The summed E-state index contributed by atoms with van der Waals surface area (Å²) in [6, 6.07) is 14.3. The molecule has 1 heterocycles. The van der Waals surface area contributed by atoms with E-state index in [1.54, 1.807) is 0 Å². The Morgan fingerprint density at radius 2 is 2.09 bits per heavy atom. The van der Waals surface area contributed by atoms with Crippen LogP contribution >= 0.6 is 11.6 Å². The summed E-state index contributed by atoms with van der Waals surface area (Å²) in [6.07, 6.45) is 0. The zero-order chi connectivity index (χ0) is 16.1. The Kier molecular flexibility index (Phi) is 5.55. The van der Waals surface area contributed by atoms with Crippen molar-refractivity contribution in [3.05, 3.63) is 64.2 Å². The zero-order valence-corrected chi connectivity index (χ0v) is 14.2. The van der Waals surface area contributed by atoms with Crippen molar-refractivity contribution < 1.29 is 4.74 Å². The fourth-order valence-corrected chi connectivity index (χ4v) is 2.88. The summed E-state index contributed by atoms with van der Waals surface area (Å²) in [4.78, 5) is 0. The summed E-state index contributed by atoms with van der Waals surface area (Å²) < 4.78 is 5.89. The van der Waals surface area contributed by atoms with E-state index < -0.39 is 0 Å². The lowest BCUT2D eigenvalue weighted by molar-refractivity contribution is 0.305. The first-order valence-corrected chi connectivity index (χ1v) is 8.47. The lowest BCUT2D eigenvalue weighted by atomic mass is 10.0. The maximum absolute atomic E-state index is 6.25. The van der Waals surface area contributed by atoms with Crippen molar-refractivity contribution in [3.63, 3.8) is 0 Å².